The number of benzene rings is 1. The van der Waals surface area contributed by atoms with Crippen LogP contribution in [-0.2, 0) is 4.79 Å². The zero-order valence-electron chi connectivity index (χ0n) is 16.0. The Kier molecular flexibility index (Phi) is 11.9. The van der Waals surface area contributed by atoms with Crippen LogP contribution in [0, 0.1) is 12.8 Å². The Labute approximate surface area is 169 Å². The SMILES string of the molecule is Cc1cc(NC(=O)[C@@H](N)CC(C)C)ccc1OCCN1CCCC1.Cl.Cl. The molecule has 0 aliphatic carbocycles. The molecule has 5 nitrogen and oxygen atoms in total. The second-order valence-corrected chi connectivity index (χ2v) is 7.10. The van der Waals surface area contributed by atoms with E-state index in [1.807, 2.05) is 25.1 Å². The molecule has 7 heteroatoms. The van der Waals surface area contributed by atoms with Crippen LogP contribution in [-0.4, -0.2) is 43.1 Å². The summed E-state index contributed by atoms with van der Waals surface area (Å²) in [4.78, 5) is 14.5. The molecule has 150 valence electrons. The topological polar surface area (TPSA) is 67.6 Å². The van der Waals surface area contributed by atoms with Gasteiger partial charge in [0.2, 0.25) is 5.91 Å². The average Bonchev–Trinajstić information content (AvgIpc) is 3.02. The first-order valence-electron chi connectivity index (χ1n) is 8.98. The van der Waals surface area contributed by atoms with Crippen LogP contribution in [0.25, 0.3) is 0 Å². The Bertz CT molecular complexity index is 550. The number of nitrogens with zero attached hydrogens (tertiary/aromatic N) is 1. The predicted molar refractivity (Wildman–Crippen MR) is 113 cm³/mol. The fourth-order valence-electron chi connectivity index (χ4n) is 3.03. The van der Waals surface area contributed by atoms with E-state index in [1.165, 1.54) is 25.9 Å². The molecule has 1 atom stereocenters. The molecular formula is C19H33Cl2N3O2. The predicted octanol–water partition coefficient (Wildman–Crippen LogP) is 3.63. The van der Waals surface area contributed by atoms with Crippen molar-refractivity contribution in [2.75, 3.05) is 31.6 Å². The molecule has 1 saturated heterocycles. The summed E-state index contributed by atoms with van der Waals surface area (Å²) in [6.45, 7) is 10.2. The summed E-state index contributed by atoms with van der Waals surface area (Å²) in [7, 11) is 0. The number of hydrogen-bond donors (Lipinski definition) is 2. The fourth-order valence-corrected chi connectivity index (χ4v) is 3.03. The highest BCUT2D eigenvalue weighted by Crippen LogP contribution is 2.22. The molecule has 2 rings (SSSR count). The number of rotatable bonds is 8. The molecule has 0 spiro atoms. The first-order chi connectivity index (χ1) is 11.5. The molecule has 0 bridgehead atoms. The zero-order chi connectivity index (χ0) is 17.5. The van der Waals surface area contributed by atoms with Gasteiger partial charge in [-0.2, -0.15) is 0 Å². The minimum absolute atomic E-state index is 0. The number of nitrogens with two attached hydrogens (primary N) is 1. The Morgan fingerprint density at radius 1 is 1.27 bits per heavy atom. The molecule has 0 unspecified atom stereocenters. The van der Waals surface area contributed by atoms with Crippen LogP contribution in [0.4, 0.5) is 5.69 Å². The number of anilines is 1. The lowest BCUT2D eigenvalue weighted by Crippen LogP contribution is -2.36. The third-order valence-electron chi connectivity index (χ3n) is 4.37. The molecule has 1 heterocycles. The van der Waals surface area contributed by atoms with Gasteiger partial charge in [0.1, 0.15) is 12.4 Å². The van der Waals surface area contributed by atoms with Crippen molar-refractivity contribution in [3.63, 3.8) is 0 Å². The smallest absolute Gasteiger partial charge is 0.241 e. The first-order valence-corrected chi connectivity index (χ1v) is 8.98. The van der Waals surface area contributed by atoms with Gasteiger partial charge >= 0.3 is 0 Å². The Hall–Kier alpha value is -1.01. The van der Waals surface area contributed by atoms with Gasteiger partial charge in [0, 0.05) is 12.2 Å². The Balaban J connectivity index is 0.00000312. The van der Waals surface area contributed by atoms with Gasteiger partial charge in [-0.25, -0.2) is 0 Å². The third kappa shape index (κ3) is 8.12. The monoisotopic (exact) mass is 405 g/mol. The van der Waals surface area contributed by atoms with E-state index in [-0.39, 0.29) is 30.7 Å². The number of carbonyl (C=O) groups is 1. The van der Waals surface area contributed by atoms with E-state index in [0.717, 1.165) is 23.5 Å². The number of carbonyl (C=O) groups excluding carboxylic acids is 1. The van der Waals surface area contributed by atoms with Gasteiger partial charge in [-0.15, -0.1) is 24.8 Å². The van der Waals surface area contributed by atoms with Crippen LogP contribution in [0.1, 0.15) is 38.7 Å². The van der Waals surface area contributed by atoms with Crippen molar-refractivity contribution in [3.8, 4) is 5.75 Å². The lowest BCUT2D eigenvalue weighted by atomic mass is 10.0. The lowest BCUT2D eigenvalue weighted by molar-refractivity contribution is -0.117. The number of aryl methyl sites for hydroxylation is 1. The van der Waals surface area contributed by atoms with E-state index in [9.17, 15) is 4.79 Å². The zero-order valence-corrected chi connectivity index (χ0v) is 17.6. The minimum atomic E-state index is -0.471. The molecule has 1 fully saturated rings. The first kappa shape index (κ1) is 25.0. The third-order valence-corrected chi connectivity index (χ3v) is 4.37. The maximum atomic E-state index is 12.1. The van der Waals surface area contributed by atoms with Crippen molar-refractivity contribution in [3.05, 3.63) is 23.8 Å². The molecular weight excluding hydrogens is 373 g/mol. The highest BCUT2D eigenvalue weighted by Gasteiger charge is 2.15. The largest absolute Gasteiger partial charge is 0.492 e. The Morgan fingerprint density at radius 2 is 1.92 bits per heavy atom. The van der Waals surface area contributed by atoms with Crippen molar-refractivity contribution in [2.45, 2.75) is 46.1 Å². The van der Waals surface area contributed by atoms with E-state index < -0.39 is 6.04 Å². The standard InChI is InChI=1S/C19H31N3O2.2ClH/c1-14(2)12-17(20)19(23)21-16-6-7-18(15(3)13-16)24-11-10-22-8-4-5-9-22;;/h6-7,13-14,17H,4-5,8-12,20H2,1-3H3,(H,21,23);2*1H/t17-;;/m0../s1. The number of halogens is 2. The summed E-state index contributed by atoms with van der Waals surface area (Å²) in [5.41, 5.74) is 7.71. The van der Waals surface area contributed by atoms with Crippen LogP contribution in [0.3, 0.4) is 0 Å². The summed E-state index contributed by atoms with van der Waals surface area (Å²) in [5.74, 6) is 1.14. The summed E-state index contributed by atoms with van der Waals surface area (Å²) in [5, 5.41) is 2.89. The molecule has 0 radical (unpaired) electrons. The quantitative estimate of drug-likeness (QED) is 0.692. The molecule has 3 N–H and O–H groups in total. The van der Waals surface area contributed by atoms with Crippen molar-refractivity contribution < 1.29 is 9.53 Å². The maximum Gasteiger partial charge on any atom is 0.241 e. The van der Waals surface area contributed by atoms with Crippen LogP contribution < -0.4 is 15.8 Å². The van der Waals surface area contributed by atoms with E-state index >= 15 is 0 Å². The van der Waals surface area contributed by atoms with Crippen LogP contribution in [0.5, 0.6) is 5.75 Å². The number of amides is 1. The van der Waals surface area contributed by atoms with E-state index in [2.05, 4.69) is 24.1 Å². The van der Waals surface area contributed by atoms with Crippen molar-refractivity contribution in [2.24, 2.45) is 11.7 Å². The summed E-state index contributed by atoms with van der Waals surface area (Å²) >= 11 is 0. The number of hydrogen-bond acceptors (Lipinski definition) is 4. The fraction of sp³-hybridized carbons (Fsp3) is 0.632. The normalized spacial score (nSPS) is 15.1. The van der Waals surface area contributed by atoms with E-state index in [0.29, 0.717) is 18.9 Å². The molecule has 1 aromatic carbocycles. The van der Waals surface area contributed by atoms with Gasteiger partial charge in [0.15, 0.2) is 0 Å². The van der Waals surface area contributed by atoms with Gasteiger partial charge in [-0.3, -0.25) is 9.69 Å². The summed E-state index contributed by atoms with van der Waals surface area (Å²) in [6.07, 6.45) is 3.28. The van der Waals surface area contributed by atoms with E-state index in [1.54, 1.807) is 0 Å². The van der Waals surface area contributed by atoms with Gasteiger partial charge in [-0.05, 0) is 69.0 Å². The molecule has 26 heavy (non-hydrogen) atoms. The summed E-state index contributed by atoms with van der Waals surface area (Å²) < 4.78 is 5.88. The second-order valence-electron chi connectivity index (χ2n) is 7.10. The van der Waals surface area contributed by atoms with Gasteiger partial charge in [0.05, 0.1) is 6.04 Å². The number of likely N-dealkylation sites (tertiary alicyclic amines) is 1. The van der Waals surface area contributed by atoms with Gasteiger partial charge in [-0.1, -0.05) is 13.8 Å². The molecule has 0 saturated carbocycles. The van der Waals surface area contributed by atoms with E-state index in [4.69, 9.17) is 10.5 Å². The van der Waals surface area contributed by atoms with Crippen LogP contribution in [0.15, 0.2) is 18.2 Å². The Morgan fingerprint density at radius 3 is 2.50 bits per heavy atom. The molecule has 1 aliphatic heterocycles. The second kappa shape index (κ2) is 12.4. The average molecular weight is 406 g/mol. The van der Waals surface area contributed by atoms with Crippen molar-refractivity contribution >= 4 is 36.4 Å². The lowest BCUT2D eigenvalue weighted by Gasteiger charge is -2.17. The minimum Gasteiger partial charge on any atom is -0.492 e. The van der Waals surface area contributed by atoms with Gasteiger partial charge in [0.25, 0.3) is 0 Å². The number of nitrogens with one attached hydrogen (secondary N) is 1. The molecule has 0 aromatic heterocycles. The molecule has 1 amide bonds. The van der Waals surface area contributed by atoms with Crippen molar-refractivity contribution in [1.29, 1.82) is 0 Å². The van der Waals surface area contributed by atoms with Crippen LogP contribution in [0.2, 0.25) is 0 Å². The highest BCUT2D eigenvalue weighted by molar-refractivity contribution is 5.94. The van der Waals surface area contributed by atoms with Gasteiger partial charge < -0.3 is 15.8 Å². The van der Waals surface area contributed by atoms with Crippen molar-refractivity contribution in [1.82, 2.24) is 4.90 Å². The number of ether oxygens (including phenoxy) is 1. The molecule has 1 aliphatic rings. The summed E-state index contributed by atoms with van der Waals surface area (Å²) in [6, 6.07) is 5.26. The van der Waals surface area contributed by atoms with Crippen LogP contribution >= 0.6 is 24.8 Å². The maximum absolute atomic E-state index is 12.1. The molecule has 1 aromatic rings. The highest BCUT2D eigenvalue weighted by atomic mass is 35.5.